The van der Waals surface area contributed by atoms with Gasteiger partial charge in [-0.3, -0.25) is 9.59 Å². The van der Waals surface area contributed by atoms with E-state index in [1.165, 1.54) is 0 Å². The highest BCUT2D eigenvalue weighted by Crippen LogP contribution is 2.33. The van der Waals surface area contributed by atoms with Crippen molar-refractivity contribution in [2.45, 2.75) is 38.5 Å². The van der Waals surface area contributed by atoms with Crippen molar-refractivity contribution in [2.24, 2.45) is 0 Å². The van der Waals surface area contributed by atoms with E-state index < -0.39 is 17.4 Å². The molecule has 1 N–H and O–H groups in total. The van der Waals surface area contributed by atoms with Crippen molar-refractivity contribution in [3.8, 4) is 12.3 Å². The molecule has 112 valence electrons. The summed E-state index contributed by atoms with van der Waals surface area (Å²) in [6.45, 7) is 3.64. The molecule has 0 spiro atoms. The van der Waals surface area contributed by atoms with E-state index in [9.17, 15) is 14.7 Å². The SMILES string of the molecule is C#CCCCC(C(=O)O)(C(=O)OCC)c1cccc(C)c1. The summed E-state index contributed by atoms with van der Waals surface area (Å²) in [5.74, 6) is 0.527. The minimum absolute atomic E-state index is 0.120. The standard InChI is InChI=1S/C17H20O4/c1-4-6-7-11-17(15(18)19,16(20)21-5-2)14-10-8-9-13(3)12-14/h1,8-10,12H,5-7,11H2,2-3H3,(H,18,19). The van der Waals surface area contributed by atoms with E-state index in [4.69, 9.17) is 11.2 Å². The minimum Gasteiger partial charge on any atom is -0.480 e. The van der Waals surface area contributed by atoms with Gasteiger partial charge in [-0.25, -0.2) is 0 Å². The average Bonchev–Trinajstić information content (AvgIpc) is 2.43. The van der Waals surface area contributed by atoms with Gasteiger partial charge in [-0.2, -0.15) is 0 Å². The molecule has 0 aliphatic heterocycles. The number of terminal acetylenes is 1. The number of aliphatic carboxylic acids is 1. The lowest BCUT2D eigenvalue weighted by atomic mass is 9.76. The van der Waals surface area contributed by atoms with E-state index in [0.29, 0.717) is 18.4 Å². The largest absolute Gasteiger partial charge is 0.480 e. The third kappa shape index (κ3) is 3.63. The maximum Gasteiger partial charge on any atom is 0.328 e. The third-order valence-corrected chi connectivity index (χ3v) is 3.37. The highest BCUT2D eigenvalue weighted by atomic mass is 16.5. The summed E-state index contributed by atoms with van der Waals surface area (Å²) in [4.78, 5) is 24.2. The molecule has 0 aliphatic carbocycles. The molecule has 0 bridgehead atoms. The Labute approximate surface area is 125 Å². The van der Waals surface area contributed by atoms with E-state index in [1.54, 1.807) is 25.1 Å². The second kappa shape index (κ2) is 7.49. The maximum absolute atomic E-state index is 12.4. The van der Waals surface area contributed by atoms with Crippen molar-refractivity contribution in [3.05, 3.63) is 35.4 Å². The molecule has 1 unspecified atom stereocenters. The van der Waals surface area contributed by atoms with Crippen LogP contribution in [0.2, 0.25) is 0 Å². The summed E-state index contributed by atoms with van der Waals surface area (Å²) < 4.78 is 5.02. The number of hydrogen-bond donors (Lipinski definition) is 1. The summed E-state index contributed by atoms with van der Waals surface area (Å²) in [7, 11) is 0. The fourth-order valence-corrected chi connectivity index (χ4v) is 2.30. The first-order valence-corrected chi connectivity index (χ1v) is 6.90. The zero-order valence-corrected chi connectivity index (χ0v) is 12.4. The Balaban J connectivity index is 3.33. The smallest absolute Gasteiger partial charge is 0.328 e. The van der Waals surface area contributed by atoms with Crippen LogP contribution in [0.5, 0.6) is 0 Å². The maximum atomic E-state index is 12.4. The summed E-state index contributed by atoms with van der Waals surface area (Å²) >= 11 is 0. The van der Waals surface area contributed by atoms with E-state index in [-0.39, 0.29) is 13.0 Å². The van der Waals surface area contributed by atoms with Gasteiger partial charge in [0.2, 0.25) is 0 Å². The Kier molecular flexibility index (Phi) is 5.98. The first kappa shape index (κ1) is 16.8. The van der Waals surface area contributed by atoms with Gasteiger partial charge in [-0.1, -0.05) is 29.8 Å². The quantitative estimate of drug-likeness (QED) is 0.362. The molecule has 0 aliphatic rings. The van der Waals surface area contributed by atoms with Gasteiger partial charge in [0.25, 0.3) is 0 Å². The molecule has 0 radical (unpaired) electrons. The number of carbonyl (C=O) groups excluding carboxylic acids is 1. The van der Waals surface area contributed by atoms with Crippen LogP contribution in [0.1, 0.15) is 37.3 Å². The van der Waals surface area contributed by atoms with Crippen LogP contribution in [0, 0.1) is 19.3 Å². The number of ether oxygens (including phenoxy) is 1. The van der Waals surface area contributed by atoms with Crippen LogP contribution in [-0.2, 0) is 19.7 Å². The zero-order chi connectivity index (χ0) is 15.9. The normalized spacial score (nSPS) is 13.0. The number of hydrogen-bond acceptors (Lipinski definition) is 3. The molecule has 0 saturated carbocycles. The number of benzene rings is 1. The molecule has 21 heavy (non-hydrogen) atoms. The molecular formula is C17H20O4. The lowest BCUT2D eigenvalue weighted by molar-refractivity contribution is -0.162. The highest BCUT2D eigenvalue weighted by molar-refractivity contribution is 6.05. The Morgan fingerprint density at radius 1 is 1.43 bits per heavy atom. The molecule has 1 atom stereocenters. The summed E-state index contributed by atoms with van der Waals surface area (Å²) in [6, 6.07) is 6.94. The van der Waals surface area contributed by atoms with Gasteiger partial charge < -0.3 is 9.84 Å². The van der Waals surface area contributed by atoms with Crippen LogP contribution in [0.25, 0.3) is 0 Å². The predicted molar refractivity (Wildman–Crippen MR) is 79.8 cm³/mol. The zero-order valence-electron chi connectivity index (χ0n) is 12.4. The molecule has 1 aromatic carbocycles. The van der Waals surface area contributed by atoms with Crippen molar-refractivity contribution in [1.82, 2.24) is 0 Å². The number of carbonyl (C=O) groups is 2. The first-order valence-electron chi connectivity index (χ1n) is 6.90. The van der Waals surface area contributed by atoms with Gasteiger partial charge in [0.05, 0.1) is 6.61 Å². The molecule has 4 heteroatoms. The van der Waals surface area contributed by atoms with Crippen LogP contribution in [0.3, 0.4) is 0 Å². The molecular weight excluding hydrogens is 268 g/mol. The summed E-state index contributed by atoms with van der Waals surface area (Å²) in [5.41, 5.74) is -0.372. The molecule has 4 nitrogen and oxygen atoms in total. The van der Waals surface area contributed by atoms with E-state index in [2.05, 4.69) is 5.92 Å². The fourth-order valence-electron chi connectivity index (χ4n) is 2.30. The van der Waals surface area contributed by atoms with Crippen LogP contribution in [0.15, 0.2) is 24.3 Å². The summed E-state index contributed by atoms with van der Waals surface area (Å²) in [5, 5.41) is 9.71. The van der Waals surface area contributed by atoms with Crippen LogP contribution in [0.4, 0.5) is 0 Å². The molecule has 0 fully saturated rings. The molecule has 0 heterocycles. The number of unbranched alkanes of at least 4 members (excludes halogenated alkanes) is 1. The van der Waals surface area contributed by atoms with Gasteiger partial charge in [0, 0.05) is 6.42 Å². The van der Waals surface area contributed by atoms with Gasteiger partial charge in [0.15, 0.2) is 5.41 Å². The van der Waals surface area contributed by atoms with Crippen LogP contribution < -0.4 is 0 Å². The number of rotatable bonds is 7. The van der Waals surface area contributed by atoms with Gasteiger partial charge >= 0.3 is 11.9 Å². The van der Waals surface area contributed by atoms with Crippen molar-refractivity contribution >= 4 is 11.9 Å². The number of carboxylic acid groups (broad SMARTS) is 1. The first-order chi connectivity index (χ1) is 9.98. The van der Waals surface area contributed by atoms with E-state index in [0.717, 1.165) is 5.56 Å². The highest BCUT2D eigenvalue weighted by Gasteiger charge is 2.48. The van der Waals surface area contributed by atoms with Crippen molar-refractivity contribution in [1.29, 1.82) is 0 Å². The molecule has 1 aromatic rings. The second-order valence-corrected chi connectivity index (χ2v) is 4.86. The van der Waals surface area contributed by atoms with Gasteiger partial charge in [-0.05, 0) is 32.3 Å². The van der Waals surface area contributed by atoms with Gasteiger partial charge in [0.1, 0.15) is 0 Å². The second-order valence-electron chi connectivity index (χ2n) is 4.86. The topological polar surface area (TPSA) is 63.6 Å². The van der Waals surface area contributed by atoms with Gasteiger partial charge in [-0.15, -0.1) is 12.3 Å². The molecule has 0 aromatic heterocycles. The Bertz CT molecular complexity index is 556. The van der Waals surface area contributed by atoms with E-state index >= 15 is 0 Å². The third-order valence-electron chi connectivity index (χ3n) is 3.37. The van der Waals surface area contributed by atoms with E-state index in [1.807, 2.05) is 13.0 Å². The number of carboxylic acids is 1. The lowest BCUT2D eigenvalue weighted by Crippen LogP contribution is -2.45. The monoisotopic (exact) mass is 288 g/mol. The lowest BCUT2D eigenvalue weighted by Gasteiger charge is -2.27. The Morgan fingerprint density at radius 2 is 2.14 bits per heavy atom. The van der Waals surface area contributed by atoms with Crippen molar-refractivity contribution in [3.63, 3.8) is 0 Å². The number of aryl methyl sites for hydroxylation is 1. The van der Waals surface area contributed by atoms with Crippen molar-refractivity contribution < 1.29 is 19.4 Å². The Hall–Kier alpha value is -2.28. The predicted octanol–water partition coefficient (Wildman–Crippen LogP) is 2.68. The van der Waals surface area contributed by atoms with Crippen LogP contribution in [-0.4, -0.2) is 23.7 Å². The average molecular weight is 288 g/mol. The molecule has 1 rings (SSSR count). The van der Waals surface area contributed by atoms with Crippen LogP contribution >= 0.6 is 0 Å². The fraction of sp³-hybridized carbons (Fsp3) is 0.412. The molecule has 0 saturated heterocycles. The number of esters is 1. The minimum atomic E-state index is -1.70. The molecule has 0 amide bonds. The Morgan fingerprint density at radius 3 is 2.67 bits per heavy atom. The summed E-state index contributed by atoms with van der Waals surface area (Å²) in [6.07, 6.45) is 6.19. The van der Waals surface area contributed by atoms with Crippen molar-refractivity contribution in [2.75, 3.05) is 6.61 Å².